The van der Waals surface area contributed by atoms with Gasteiger partial charge in [0.25, 0.3) is 0 Å². The average Bonchev–Trinajstić information content (AvgIpc) is 3.16. The van der Waals surface area contributed by atoms with Crippen LogP contribution >= 0.6 is 27.3 Å². The molecule has 0 spiro atoms. The number of amides is 1. The highest BCUT2D eigenvalue weighted by Crippen LogP contribution is 2.27. The van der Waals surface area contributed by atoms with Crippen molar-refractivity contribution < 1.29 is 18.7 Å². The van der Waals surface area contributed by atoms with Gasteiger partial charge in [-0.25, -0.2) is 14.2 Å². The number of carbonyl (C=O) groups excluding carboxylic acids is 1. The Bertz CT molecular complexity index is 721. The molecule has 1 fully saturated rings. The fraction of sp³-hybridized carbons (Fsp3) is 0.444. The molecule has 26 heavy (non-hydrogen) atoms. The zero-order valence-electron chi connectivity index (χ0n) is 14.2. The van der Waals surface area contributed by atoms with E-state index in [2.05, 4.69) is 20.9 Å². The maximum absolute atomic E-state index is 13.1. The third-order valence-corrected chi connectivity index (χ3v) is 5.63. The second-order valence-corrected chi connectivity index (χ2v) is 7.75. The molecule has 1 saturated heterocycles. The van der Waals surface area contributed by atoms with Crippen molar-refractivity contribution in [2.45, 2.75) is 25.9 Å². The highest BCUT2D eigenvalue weighted by molar-refractivity contribution is 9.10. The van der Waals surface area contributed by atoms with Crippen molar-refractivity contribution in [3.8, 4) is 5.75 Å². The summed E-state index contributed by atoms with van der Waals surface area (Å²) in [5.74, 6) is 0.865. The summed E-state index contributed by atoms with van der Waals surface area (Å²) in [5, 5.41) is 1.87. The van der Waals surface area contributed by atoms with Crippen LogP contribution in [0.2, 0.25) is 0 Å². The van der Waals surface area contributed by atoms with Crippen LogP contribution in [-0.2, 0) is 11.3 Å². The Morgan fingerprint density at radius 1 is 1.38 bits per heavy atom. The molecule has 0 unspecified atom stereocenters. The molecule has 5 nitrogen and oxygen atoms in total. The first-order chi connectivity index (χ1) is 12.6. The molecule has 0 atom stereocenters. The molecule has 1 amide bonds. The van der Waals surface area contributed by atoms with Gasteiger partial charge in [0.15, 0.2) is 0 Å². The summed E-state index contributed by atoms with van der Waals surface area (Å²) < 4.78 is 24.7. The highest BCUT2D eigenvalue weighted by atomic mass is 79.9. The standard InChI is InChI=1S/C18H20BrFN2O3S/c19-16-9-14(20)1-2-17(16)24-8-5-13-3-6-22(7-4-13)18(23)25-10-15-11-26-12-21-15/h1-2,9,11-13H,3-8,10H2. The minimum absolute atomic E-state index is 0.225. The molecule has 8 heteroatoms. The summed E-state index contributed by atoms with van der Waals surface area (Å²) >= 11 is 4.78. The van der Waals surface area contributed by atoms with Crippen molar-refractivity contribution in [3.05, 3.63) is 45.1 Å². The van der Waals surface area contributed by atoms with Gasteiger partial charge in [-0.1, -0.05) is 0 Å². The van der Waals surface area contributed by atoms with E-state index in [4.69, 9.17) is 9.47 Å². The Balaban J connectivity index is 1.35. The van der Waals surface area contributed by atoms with Gasteiger partial charge in [-0.3, -0.25) is 0 Å². The number of hydrogen-bond donors (Lipinski definition) is 0. The summed E-state index contributed by atoms with van der Waals surface area (Å²) in [4.78, 5) is 17.9. The van der Waals surface area contributed by atoms with E-state index in [9.17, 15) is 9.18 Å². The second-order valence-electron chi connectivity index (χ2n) is 6.18. The lowest BCUT2D eigenvalue weighted by Gasteiger charge is -2.31. The number of thiazole rings is 1. The monoisotopic (exact) mass is 442 g/mol. The van der Waals surface area contributed by atoms with Gasteiger partial charge in [-0.15, -0.1) is 11.3 Å². The lowest BCUT2D eigenvalue weighted by molar-refractivity contribution is 0.0792. The van der Waals surface area contributed by atoms with Gasteiger partial charge >= 0.3 is 6.09 Å². The molecule has 0 bridgehead atoms. The molecule has 0 saturated carbocycles. The van der Waals surface area contributed by atoms with E-state index in [1.807, 2.05) is 5.38 Å². The van der Waals surface area contributed by atoms with E-state index in [0.29, 0.717) is 35.8 Å². The van der Waals surface area contributed by atoms with E-state index in [1.54, 1.807) is 16.5 Å². The number of hydrogen-bond acceptors (Lipinski definition) is 5. The van der Waals surface area contributed by atoms with E-state index in [-0.39, 0.29) is 18.5 Å². The Kier molecular flexibility index (Phi) is 6.85. The van der Waals surface area contributed by atoms with E-state index in [1.165, 1.54) is 23.5 Å². The zero-order chi connectivity index (χ0) is 18.4. The fourth-order valence-electron chi connectivity index (χ4n) is 2.87. The lowest BCUT2D eigenvalue weighted by atomic mass is 9.94. The maximum Gasteiger partial charge on any atom is 0.410 e. The van der Waals surface area contributed by atoms with Crippen LogP contribution in [0.3, 0.4) is 0 Å². The first-order valence-corrected chi connectivity index (χ1v) is 10.2. The quantitative estimate of drug-likeness (QED) is 0.640. The molecule has 1 aliphatic heterocycles. The largest absolute Gasteiger partial charge is 0.492 e. The SMILES string of the molecule is O=C(OCc1cscn1)N1CCC(CCOc2ccc(F)cc2Br)CC1. The first-order valence-electron chi connectivity index (χ1n) is 8.48. The van der Waals surface area contributed by atoms with Gasteiger partial charge in [0, 0.05) is 18.5 Å². The normalized spacial score (nSPS) is 15.1. The topological polar surface area (TPSA) is 51.7 Å². The maximum atomic E-state index is 13.1. The molecule has 3 rings (SSSR count). The van der Waals surface area contributed by atoms with Crippen molar-refractivity contribution in [1.82, 2.24) is 9.88 Å². The molecule has 0 radical (unpaired) electrons. The van der Waals surface area contributed by atoms with Gasteiger partial charge in [-0.05, 0) is 59.3 Å². The lowest BCUT2D eigenvalue weighted by Crippen LogP contribution is -2.39. The van der Waals surface area contributed by atoms with Crippen LogP contribution in [0.15, 0.2) is 33.6 Å². The van der Waals surface area contributed by atoms with E-state index in [0.717, 1.165) is 25.0 Å². The van der Waals surface area contributed by atoms with E-state index < -0.39 is 0 Å². The van der Waals surface area contributed by atoms with Crippen molar-refractivity contribution in [1.29, 1.82) is 0 Å². The molecular weight excluding hydrogens is 423 g/mol. The summed E-state index contributed by atoms with van der Waals surface area (Å²) in [6, 6.07) is 4.40. The predicted octanol–water partition coefficient (Wildman–Crippen LogP) is 4.86. The molecule has 140 valence electrons. The predicted molar refractivity (Wildman–Crippen MR) is 101 cm³/mol. The number of halogens is 2. The van der Waals surface area contributed by atoms with Crippen LogP contribution in [0.25, 0.3) is 0 Å². The van der Waals surface area contributed by atoms with Crippen LogP contribution in [0.1, 0.15) is 25.0 Å². The Hall–Kier alpha value is -1.67. The third kappa shape index (κ3) is 5.41. The minimum Gasteiger partial charge on any atom is -0.492 e. The van der Waals surface area contributed by atoms with E-state index >= 15 is 0 Å². The van der Waals surface area contributed by atoms with Gasteiger partial charge < -0.3 is 14.4 Å². The Morgan fingerprint density at radius 3 is 2.88 bits per heavy atom. The summed E-state index contributed by atoms with van der Waals surface area (Å²) in [6.45, 7) is 2.19. The smallest absolute Gasteiger partial charge is 0.410 e. The number of likely N-dealkylation sites (tertiary alicyclic amines) is 1. The summed E-state index contributed by atoms with van der Waals surface area (Å²) in [7, 11) is 0. The van der Waals surface area contributed by atoms with Crippen molar-refractivity contribution >= 4 is 33.4 Å². The molecule has 0 aliphatic carbocycles. The number of nitrogens with zero attached hydrogens (tertiary/aromatic N) is 2. The molecule has 1 aliphatic rings. The van der Waals surface area contributed by atoms with Gasteiger partial charge in [0.2, 0.25) is 0 Å². The Morgan fingerprint density at radius 2 is 2.19 bits per heavy atom. The average molecular weight is 443 g/mol. The van der Waals surface area contributed by atoms with Crippen LogP contribution < -0.4 is 4.74 Å². The van der Waals surface area contributed by atoms with Gasteiger partial charge in [0.05, 0.1) is 22.3 Å². The van der Waals surface area contributed by atoms with Crippen LogP contribution in [0.5, 0.6) is 5.75 Å². The molecule has 1 aromatic heterocycles. The molecule has 2 aromatic rings. The highest BCUT2D eigenvalue weighted by Gasteiger charge is 2.24. The molecule has 0 N–H and O–H groups in total. The molecule has 1 aromatic carbocycles. The molecular formula is C18H20BrFN2O3S. The number of rotatable bonds is 6. The zero-order valence-corrected chi connectivity index (χ0v) is 16.6. The third-order valence-electron chi connectivity index (χ3n) is 4.38. The summed E-state index contributed by atoms with van der Waals surface area (Å²) in [6.07, 6.45) is 2.49. The van der Waals surface area contributed by atoms with Crippen molar-refractivity contribution in [3.63, 3.8) is 0 Å². The fourth-order valence-corrected chi connectivity index (χ4v) is 3.88. The molecule has 2 heterocycles. The number of ether oxygens (including phenoxy) is 2. The van der Waals surface area contributed by atoms with Crippen LogP contribution in [0.4, 0.5) is 9.18 Å². The number of carbonyl (C=O) groups is 1. The first kappa shape index (κ1) is 19.1. The number of piperidine rings is 1. The minimum atomic E-state index is -0.293. The van der Waals surface area contributed by atoms with Gasteiger partial charge in [0.1, 0.15) is 18.2 Å². The second kappa shape index (κ2) is 9.32. The van der Waals surface area contributed by atoms with Crippen molar-refractivity contribution in [2.75, 3.05) is 19.7 Å². The summed E-state index contributed by atoms with van der Waals surface area (Å²) in [5.41, 5.74) is 2.50. The van der Waals surface area contributed by atoms with Crippen LogP contribution in [-0.4, -0.2) is 35.7 Å². The number of aromatic nitrogens is 1. The van der Waals surface area contributed by atoms with Crippen LogP contribution in [0, 0.1) is 11.7 Å². The van der Waals surface area contributed by atoms with Gasteiger partial charge in [-0.2, -0.15) is 0 Å². The Labute approximate surface area is 164 Å². The number of benzene rings is 1. The van der Waals surface area contributed by atoms with Crippen molar-refractivity contribution in [2.24, 2.45) is 5.92 Å².